The molecule has 0 aliphatic rings. The second-order valence-corrected chi connectivity index (χ2v) is 5.61. The average molecular weight is 377 g/mol. The van der Waals surface area contributed by atoms with Crippen molar-refractivity contribution in [3.05, 3.63) is 51.6 Å². The minimum absolute atomic E-state index is 0.580. The number of tetrazole rings is 1. The third-order valence-corrected chi connectivity index (χ3v) is 3.64. The molecule has 0 amide bonds. The van der Waals surface area contributed by atoms with Crippen molar-refractivity contribution in [2.45, 2.75) is 6.92 Å². The Hall–Kier alpha value is -1.96. The summed E-state index contributed by atoms with van der Waals surface area (Å²) in [6.07, 6.45) is 0. The normalized spacial score (nSPS) is 10.5. The van der Waals surface area contributed by atoms with Gasteiger partial charge in [-0.05, 0) is 70.6 Å². The predicted molar refractivity (Wildman–Crippen MR) is 86.8 cm³/mol. The van der Waals surface area contributed by atoms with Gasteiger partial charge in [0.2, 0.25) is 5.82 Å². The third-order valence-electron chi connectivity index (χ3n) is 2.97. The van der Waals surface area contributed by atoms with Gasteiger partial charge in [0.1, 0.15) is 0 Å². The molecule has 0 atom stereocenters. The van der Waals surface area contributed by atoms with Gasteiger partial charge in [0.05, 0.1) is 0 Å². The average Bonchev–Trinajstić information content (AvgIpc) is 2.96. The van der Waals surface area contributed by atoms with E-state index >= 15 is 0 Å². The van der Waals surface area contributed by atoms with Crippen LogP contribution in [0.15, 0.2) is 42.5 Å². The molecule has 0 fully saturated rings. The molecule has 1 heterocycles. The van der Waals surface area contributed by atoms with E-state index < -0.39 is 0 Å². The van der Waals surface area contributed by atoms with Gasteiger partial charge in [0, 0.05) is 20.5 Å². The first-order valence-corrected chi connectivity index (χ1v) is 7.18. The molecule has 0 aliphatic heterocycles. The van der Waals surface area contributed by atoms with Crippen LogP contribution in [0.1, 0.15) is 5.56 Å². The number of aromatic amines is 1. The number of anilines is 2. The number of H-pyrrole nitrogens is 1. The summed E-state index contributed by atoms with van der Waals surface area (Å²) in [6, 6.07) is 14.2. The molecule has 0 spiro atoms. The lowest BCUT2D eigenvalue weighted by molar-refractivity contribution is 0.881. The standard InChI is InChI=1S/C14H12IN5/c1-9-8-10(15)6-7-12(9)16-13-5-3-2-4-11(13)14-17-19-20-18-14/h2-8,16H,1H3,(H,17,18,19,20). The highest BCUT2D eigenvalue weighted by Crippen LogP contribution is 2.29. The van der Waals surface area contributed by atoms with Gasteiger partial charge in [-0.1, -0.05) is 12.1 Å². The molecule has 2 N–H and O–H groups in total. The Bertz CT molecular complexity index is 724. The number of aryl methyl sites for hydroxylation is 1. The number of aromatic nitrogens is 4. The van der Waals surface area contributed by atoms with Crippen molar-refractivity contribution in [2.24, 2.45) is 0 Å². The summed E-state index contributed by atoms with van der Waals surface area (Å²) >= 11 is 2.31. The Morgan fingerprint density at radius 3 is 2.70 bits per heavy atom. The Morgan fingerprint density at radius 1 is 1.10 bits per heavy atom. The third kappa shape index (κ3) is 2.64. The van der Waals surface area contributed by atoms with Crippen molar-refractivity contribution < 1.29 is 0 Å². The number of benzene rings is 2. The molecule has 20 heavy (non-hydrogen) atoms. The van der Waals surface area contributed by atoms with Crippen molar-refractivity contribution >= 4 is 34.0 Å². The van der Waals surface area contributed by atoms with Crippen LogP contribution in [0, 0.1) is 10.5 Å². The quantitative estimate of drug-likeness (QED) is 0.686. The molecule has 6 heteroatoms. The second kappa shape index (κ2) is 5.58. The van der Waals surface area contributed by atoms with Gasteiger partial charge in [0.25, 0.3) is 0 Å². The molecule has 0 aliphatic carbocycles. The summed E-state index contributed by atoms with van der Waals surface area (Å²) in [6.45, 7) is 2.08. The van der Waals surface area contributed by atoms with E-state index in [0.717, 1.165) is 16.9 Å². The molecule has 0 saturated carbocycles. The van der Waals surface area contributed by atoms with E-state index in [2.05, 4.69) is 73.7 Å². The number of para-hydroxylation sites is 1. The van der Waals surface area contributed by atoms with Crippen molar-refractivity contribution in [3.8, 4) is 11.4 Å². The van der Waals surface area contributed by atoms with Gasteiger partial charge >= 0.3 is 0 Å². The van der Waals surface area contributed by atoms with E-state index in [0.29, 0.717) is 5.82 Å². The lowest BCUT2D eigenvalue weighted by Crippen LogP contribution is -1.96. The van der Waals surface area contributed by atoms with E-state index in [1.165, 1.54) is 9.13 Å². The molecular formula is C14H12IN5. The smallest absolute Gasteiger partial charge is 0.206 e. The number of hydrogen-bond donors (Lipinski definition) is 2. The number of nitrogens with one attached hydrogen (secondary N) is 2. The molecule has 0 radical (unpaired) electrons. The maximum atomic E-state index is 4.04. The van der Waals surface area contributed by atoms with Crippen molar-refractivity contribution in [1.29, 1.82) is 0 Å². The first kappa shape index (κ1) is 13.0. The van der Waals surface area contributed by atoms with Gasteiger partial charge in [-0.25, -0.2) is 0 Å². The molecular weight excluding hydrogens is 365 g/mol. The Labute approximate surface area is 129 Å². The topological polar surface area (TPSA) is 66.5 Å². The van der Waals surface area contributed by atoms with Crippen LogP contribution in [0.3, 0.4) is 0 Å². The minimum Gasteiger partial charge on any atom is -0.355 e. The maximum Gasteiger partial charge on any atom is 0.206 e. The Morgan fingerprint density at radius 2 is 1.95 bits per heavy atom. The highest BCUT2D eigenvalue weighted by Gasteiger charge is 2.09. The van der Waals surface area contributed by atoms with Crippen molar-refractivity contribution in [3.63, 3.8) is 0 Å². The summed E-state index contributed by atoms with van der Waals surface area (Å²) in [5, 5.41) is 17.6. The van der Waals surface area contributed by atoms with Gasteiger partial charge in [-0.2, -0.15) is 5.21 Å². The van der Waals surface area contributed by atoms with Crippen LogP contribution in [0.25, 0.3) is 11.4 Å². The predicted octanol–water partition coefficient (Wildman–Crippen LogP) is 3.52. The zero-order chi connectivity index (χ0) is 13.9. The number of rotatable bonds is 3. The summed E-state index contributed by atoms with van der Waals surface area (Å²) in [5.74, 6) is 0.580. The minimum atomic E-state index is 0.580. The monoisotopic (exact) mass is 377 g/mol. The van der Waals surface area contributed by atoms with Gasteiger partial charge in [-0.15, -0.1) is 10.2 Å². The molecule has 3 aromatic rings. The van der Waals surface area contributed by atoms with Gasteiger partial charge in [-0.3, -0.25) is 0 Å². The van der Waals surface area contributed by atoms with E-state index in [-0.39, 0.29) is 0 Å². The fourth-order valence-electron chi connectivity index (χ4n) is 1.98. The van der Waals surface area contributed by atoms with Crippen LogP contribution in [-0.2, 0) is 0 Å². The van der Waals surface area contributed by atoms with Crippen LogP contribution >= 0.6 is 22.6 Å². The van der Waals surface area contributed by atoms with Crippen LogP contribution in [0.2, 0.25) is 0 Å². The molecule has 1 aromatic heterocycles. The highest BCUT2D eigenvalue weighted by atomic mass is 127. The van der Waals surface area contributed by atoms with Crippen LogP contribution in [0.4, 0.5) is 11.4 Å². The van der Waals surface area contributed by atoms with E-state index in [9.17, 15) is 0 Å². The molecule has 0 bridgehead atoms. The molecule has 3 rings (SSSR count). The fourth-order valence-corrected chi connectivity index (χ4v) is 2.62. The second-order valence-electron chi connectivity index (χ2n) is 4.37. The van der Waals surface area contributed by atoms with Crippen molar-refractivity contribution in [2.75, 3.05) is 5.32 Å². The maximum absolute atomic E-state index is 4.04. The number of halogens is 1. The first-order chi connectivity index (χ1) is 9.74. The lowest BCUT2D eigenvalue weighted by atomic mass is 10.1. The lowest BCUT2D eigenvalue weighted by Gasteiger charge is -2.12. The van der Waals surface area contributed by atoms with Crippen LogP contribution in [-0.4, -0.2) is 20.6 Å². The zero-order valence-corrected chi connectivity index (χ0v) is 12.9. The number of hydrogen-bond acceptors (Lipinski definition) is 4. The van der Waals surface area contributed by atoms with E-state index in [4.69, 9.17) is 0 Å². The molecule has 5 nitrogen and oxygen atoms in total. The molecule has 100 valence electrons. The summed E-state index contributed by atoms with van der Waals surface area (Å²) < 4.78 is 1.22. The highest BCUT2D eigenvalue weighted by molar-refractivity contribution is 14.1. The van der Waals surface area contributed by atoms with Crippen LogP contribution < -0.4 is 5.32 Å². The number of nitrogens with zero attached hydrogens (tertiary/aromatic N) is 3. The molecule has 2 aromatic carbocycles. The zero-order valence-electron chi connectivity index (χ0n) is 10.8. The largest absolute Gasteiger partial charge is 0.355 e. The summed E-state index contributed by atoms with van der Waals surface area (Å²) in [4.78, 5) is 0. The summed E-state index contributed by atoms with van der Waals surface area (Å²) in [5.41, 5.74) is 4.14. The SMILES string of the molecule is Cc1cc(I)ccc1Nc1ccccc1-c1nn[nH]n1. The Balaban J connectivity index is 1.99. The summed E-state index contributed by atoms with van der Waals surface area (Å²) in [7, 11) is 0. The fraction of sp³-hybridized carbons (Fsp3) is 0.0714. The Kier molecular flexibility index (Phi) is 3.64. The van der Waals surface area contributed by atoms with E-state index in [1.807, 2.05) is 24.3 Å². The van der Waals surface area contributed by atoms with Gasteiger partial charge < -0.3 is 5.32 Å². The first-order valence-electron chi connectivity index (χ1n) is 6.10. The van der Waals surface area contributed by atoms with Crippen LogP contribution in [0.5, 0.6) is 0 Å². The molecule has 0 saturated heterocycles. The van der Waals surface area contributed by atoms with Gasteiger partial charge in [0.15, 0.2) is 0 Å². The van der Waals surface area contributed by atoms with E-state index in [1.54, 1.807) is 0 Å². The van der Waals surface area contributed by atoms with Crippen molar-refractivity contribution in [1.82, 2.24) is 20.6 Å². The molecule has 0 unspecified atom stereocenters.